The first-order chi connectivity index (χ1) is 8.97. The van der Waals surface area contributed by atoms with Crippen molar-refractivity contribution in [1.82, 2.24) is 0 Å². The highest BCUT2D eigenvalue weighted by atomic mass is 79.9. The van der Waals surface area contributed by atoms with Crippen molar-refractivity contribution < 1.29 is 13.6 Å². The highest BCUT2D eigenvalue weighted by molar-refractivity contribution is 9.10. The van der Waals surface area contributed by atoms with Crippen LogP contribution >= 0.6 is 27.5 Å². The first-order valence-corrected chi connectivity index (χ1v) is 6.36. The maximum Gasteiger partial charge on any atom is 0.255 e. The largest absolute Gasteiger partial charge is 0.319 e. The zero-order valence-electron chi connectivity index (χ0n) is 9.38. The SMILES string of the molecule is O=C(Nc1ccc(Cl)cc1F)c1ccc(F)c(Br)c1. The molecule has 98 valence electrons. The fourth-order valence-corrected chi connectivity index (χ4v) is 1.96. The van der Waals surface area contributed by atoms with Gasteiger partial charge in [-0.3, -0.25) is 4.79 Å². The van der Waals surface area contributed by atoms with Crippen LogP contribution in [-0.2, 0) is 0 Å². The van der Waals surface area contributed by atoms with E-state index in [9.17, 15) is 13.6 Å². The van der Waals surface area contributed by atoms with E-state index in [1.165, 1.54) is 24.3 Å². The number of carbonyl (C=O) groups is 1. The summed E-state index contributed by atoms with van der Waals surface area (Å²) in [6, 6.07) is 7.69. The molecule has 1 amide bonds. The third kappa shape index (κ3) is 3.30. The monoisotopic (exact) mass is 345 g/mol. The maximum atomic E-state index is 13.5. The molecule has 2 rings (SSSR count). The van der Waals surface area contributed by atoms with Gasteiger partial charge in [0.05, 0.1) is 10.2 Å². The van der Waals surface area contributed by atoms with Crippen molar-refractivity contribution in [3.05, 3.63) is 63.1 Å². The number of carbonyl (C=O) groups excluding carboxylic acids is 1. The number of hydrogen-bond donors (Lipinski definition) is 1. The van der Waals surface area contributed by atoms with Gasteiger partial charge >= 0.3 is 0 Å². The zero-order valence-corrected chi connectivity index (χ0v) is 11.7. The molecule has 0 aliphatic carbocycles. The molecule has 2 aromatic rings. The Kier molecular flexibility index (Phi) is 4.17. The van der Waals surface area contributed by atoms with Gasteiger partial charge in [-0.2, -0.15) is 0 Å². The molecular weight excluding hydrogens is 340 g/mol. The second-order valence-electron chi connectivity index (χ2n) is 3.71. The number of anilines is 1. The van der Waals surface area contributed by atoms with Gasteiger partial charge in [0.15, 0.2) is 0 Å². The van der Waals surface area contributed by atoms with Gasteiger partial charge in [-0.25, -0.2) is 8.78 Å². The molecule has 2 aromatic carbocycles. The van der Waals surface area contributed by atoms with E-state index in [0.29, 0.717) is 0 Å². The van der Waals surface area contributed by atoms with Gasteiger partial charge in [-0.05, 0) is 52.3 Å². The van der Waals surface area contributed by atoms with Crippen LogP contribution in [0.3, 0.4) is 0 Å². The predicted molar refractivity (Wildman–Crippen MR) is 73.5 cm³/mol. The zero-order chi connectivity index (χ0) is 14.0. The van der Waals surface area contributed by atoms with E-state index in [-0.39, 0.29) is 20.7 Å². The van der Waals surface area contributed by atoms with Crippen molar-refractivity contribution in [3.8, 4) is 0 Å². The quantitative estimate of drug-likeness (QED) is 0.844. The molecule has 0 saturated heterocycles. The summed E-state index contributed by atoms with van der Waals surface area (Å²) in [7, 11) is 0. The normalized spacial score (nSPS) is 10.3. The lowest BCUT2D eigenvalue weighted by atomic mass is 10.2. The minimum absolute atomic E-state index is 0.00912. The lowest BCUT2D eigenvalue weighted by molar-refractivity contribution is 0.102. The lowest BCUT2D eigenvalue weighted by Crippen LogP contribution is -2.13. The Morgan fingerprint density at radius 1 is 1.11 bits per heavy atom. The van der Waals surface area contributed by atoms with E-state index in [2.05, 4.69) is 21.2 Å². The Labute approximate surface area is 121 Å². The molecule has 1 N–H and O–H groups in total. The fraction of sp³-hybridized carbons (Fsp3) is 0. The van der Waals surface area contributed by atoms with E-state index >= 15 is 0 Å². The van der Waals surface area contributed by atoms with Crippen LogP contribution in [-0.4, -0.2) is 5.91 Å². The molecule has 0 fully saturated rings. The van der Waals surface area contributed by atoms with E-state index < -0.39 is 17.5 Å². The van der Waals surface area contributed by atoms with Crippen LogP contribution in [0.4, 0.5) is 14.5 Å². The molecule has 0 radical (unpaired) electrons. The topological polar surface area (TPSA) is 29.1 Å². The second-order valence-corrected chi connectivity index (χ2v) is 5.00. The van der Waals surface area contributed by atoms with Crippen molar-refractivity contribution in [2.45, 2.75) is 0 Å². The van der Waals surface area contributed by atoms with Crippen LogP contribution in [0.2, 0.25) is 5.02 Å². The van der Waals surface area contributed by atoms with E-state index in [1.807, 2.05) is 0 Å². The Hall–Kier alpha value is -1.46. The number of benzene rings is 2. The first kappa shape index (κ1) is 14.0. The highest BCUT2D eigenvalue weighted by Gasteiger charge is 2.11. The molecule has 0 saturated carbocycles. The second kappa shape index (κ2) is 5.67. The Morgan fingerprint density at radius 2 is 1.84 bits per heavy atom. The van der Waals surface area contributed by atoms with E-state index in [1.54, 1.807) is 0 Å². The molecule has 0 aromatic heterocycles. The van der Waals surface area contributed by atoms with Crippen molar-refractivity contribution in [3.63, 3.8) is 0 Å². The van der Waals surface area contributed by atoms with Gasteiger partial charge in [0.2, 0.25) is 0 Å². The standard InChI is InChI=1S/C13H7BrClF2NO/c14-9-5-7(1-3-10(9)16)13(19)18-12-4-2-8(15)6-11(12)17/h1-6H,(H,18,19). The van der Waals surface area contributed by atoms with E-state index in [4.69, 9.17) is 11.6 Å². The number of nitrogens with one attached hydrogen (secondary N) is 1. The third-order valence-corrected chi connectivity index (χ3v) is 3.20. The number of amides is 1. The average molecular weight is 347 g/mol. The van der Waals surface area contributed by atoms with Crippen LogP contribution in [0.25, 0.3) is 0 Å². The average Bonchev–Trinajstić information content (AvgIpc) is 2.36. The summed E-state index contributed by atoms with van der Waals surface area (Å²) in [6.07, 6.45) is 0. The molecule has 0 unspecified atom stereocenters. The molecule has 19 heavy (non-hydrogen) atoms. The van der Waals surface area contributed by atoms with Crippen molar-refractivity contribution in [2.24, 2.45) is 0 Å². The van der Waals surface area contributed by atoms with Gasteiger partial charge in [0, 0.05) is 10.6 Å². The van der Waals surface area contributed by atoms with Gasteiger partial charge in [-0.15, -0.1) is 0 Å². The minimum Gasteiger partial charge on any atom is -0.319 e. The molecule has 0 aliphatic heterocycles. The number of rotatable bonds is 2. The molecule has 0 heterocycles. The molecular formula is C13H7BrClF2NO. The number of hydrogen-bond acceptors (Lipinski definition) is 1. The van der Waals surface area contributed by atoms with Gasteiger partial charge in [0.25, 0.3) is 5.91 Å². The van der Waals surface area contributed by atoms with Gasteiger partial charge < -0.3 is 5.32 Å². The Bertz CT molecular complexity index is 649. The first-order valence-electron chi connectivity index (χ1n) is 5.19. The van der Waals surface area contributed by atoms with Crippen LogP contribution in [0.15, 0.2) is 40.9 Å². The van der Waals surface area contributed by atoms with Gasteiger partial charge in [0.1, 0.15) is 11.6 Å². The van der Waals surface area contributed by atoms with Crippen LogP contribution in [0.1, 0.15) is 10.4 Å². The smallest absolute Gasteiger partial charge is 0.255 e. The molecule has 0 aliphatic rings. The summed E-state index contributed by atoms with van der Waals surface area (Å²) in [5.41, 5.74) is 0.220. The molecule has 6 heteroatoms. The van der Waals surface area contributed by atoms with Crippen molar-refractivity contribution in [2.75, 3.05) is 5.32 Å². The van der Waals surface area contributed by atoms with Gasteiger partial charge in [-0.1, -0.05) is 11.6 Å². The fourth-order valence-electron chi connectivity index (χ4n) is 1.42. The summed E-state index contributed by atoms with van der Waals surface area (Å²) in [5, 5.41) is 2.62. The highest BCUT2D eigenvalue weighted by Crippen LogP contribution is 2.21. The molecule has 0 spiro atoms. The third-order valence-electron chi connectivity index (χ3n) is 2.36. The minimum atomic E-state index is -0.637. The summed E-state index contributed by atoms with van der Waals surface area (Å²) in [5.74, 6) is -1.65. The molecule has 0 bridgehead atoms. The lowest BCUT2D eigenvalue weighted by Gasteiger charge is -2.07. The van der Waals surface area contributed by atoms with Crippen LogP contribution in [0.5, 0.6) is 0 Å². The Balaban J connectivity index is 2.23. The molecule has 2 nitrogen and oxygen atoms in total. The predicted octanol–water partition coefficient (Wildman–Crippen LogP) is 4.63. The van der Waals surface area contributed by atoms with E-state index in [0.717, 1.165) is 12.1 Å². The van der Waals surface area contributed by atoms with Crippen LogP contribution < -0.4 is 5.32 Å². The van der Waals surface area contributed by atoms with Crippen molar-refractivity contribution in [1.29, 1.82) is 0 Å². The summed E-state index contributed by atoms with van der Waals surface area (Å²) in [6.45, 7) is 0. The van der Waals surface area contributed by atoms with Crippen molar-refractivity contribution >= 4 is 39.1 Å². The van der Waals surface area contributed by atoms with Crippen LogP contribution in [0, 0.1) is 11.6 Å². The molecule has 0 atom stereocenters. The summed E-state index contributed by atoms with van der Waals surface area (Å²) >= 11 is 8.59. The Morgan fingerprint density at radius 3 is 2.47 bits per heavy atom. The number of halogens is 4. The maximum absolute atomic E-state index is 13.5. The summed E-state index contributed by atoms with van der Waals surface area (Å²) < 4.78 is 26.7. The summed E-state index contributed by atoms with van der Waals surface area (Å²) in [4.78, 5) is 11.9.